The first-order valence-electron chi connectivity index (χ1n) is 13.0. The third kappa shape index (κ3) is 7.10. The summed E-state index contributed by atoms with van der Waals surface area (Å²) >= 11 is 0.934. The number of thioether (sulfide) groups is 1. The normalized spacial score (nSPS) is 24.2. The lowest BCUT2D eigenvalue weighted by molar-refractivity contribution is -0.119. The van der Waals surface area contributed by atoms with Crippen LogP contribution in [0.3, 0.4) is 0 Å². The van der Waals surface area contributed by atoms with Gasteiger partial charge in [0.05, 0.1) is 31.6 Å². The molecule has 4 rings (SSSR count). The lowest BCUT2D eigenvalue weighted by atomic mass is 9.96. The molecule has 5 atom stereocenters. The highest BCUT2D eigenvalue weighted by molar-refractivity contribution is 8.13. The molecule has 0 aliphatic carbocycles. The van der Waals surface area contributed by atoms with Crippen LogP contribution in [0.1, 0.15) is 32.6 Å². The fraction of sp³-hybridized carbons (Fsp3) is 0.520. The number of fused-ring (bicyclic) bond motifs is 1. The predicted molar refractivity (Wildman–Crippen MR) is 154 cm³/mol. The Morgan fingerprint density at radius 2 is 2.05 bits per heavy atom. The van der Waals surface area contributed by atoms with Crippen LogP contribution in [0.2, 0.25) is 0 Å². The number of ether oxygens (including phenoxy) is 1. The first-order chi connectivity index (χ1) is 19.8. The quantitative estimate of drug-likeness (QED) is 0.115. The zero-order chi connectivity index (χ0) is 30.7. The molecular weight excluding hydrogens is 591 g/mol. The van der Waals surface area contributed by atoms with Crippen molar-refractivity contribution in [2.45, 2.75) is 51.4 Å². The Labute approximate surface area is 245 Å². The van der Waals surface area contributed by atoms with Gasteiger partial charge in [0.15, 0.2) is 22.5 Å². The standard InChI is InChI=1S/C25H35N6O9PS/c1-24(2,13-32)22(35)42-10-9-38-41(37,28-11-15-7-5-4-6-8-15)39-12-16-18(33)25(3,36)21(40-16)31-14-27-17-19(31)29-23(26)30-20(17)34/h4-8,14,16,18,21,32-33,36H,9-13H2,1-3H3,(H,28,37)(H3,26,29,30,34)/t16-,18-,21-,25-,41?/m0/s1. The molecule has 3 heterocycles. The van der Waals surface area contributed by atoms with E-state index in [2.05, 4.69) is 20.0 Å². The highest BCUT2D eigenvalue weighted by atomic mass is 32.2. The minimum atomic E-state index is -4.04. The maximum Gasteiger partial charge on any atom is 0.405 e. The van der Waals surface area contributed by atoms with Crippen LogP contribution in [0.15, 0.2) is 41.5 Å². The minimum absolute atomic E-state index is 0.0326. The van der Waals surface area contributed by atoms with E-state index in [-0.39, 0.29) is 47.7 Å². The number of nitrogens with two attached hydrogens (primary N) is 1. The second-order valence-electron chi connectivity index (χ2n) is 10.6. The van der Waals surface area contributed by atoms with Gasteiger partial charge in [-0.1, -0.05) is 42.1 Å². The Morgan fingerprint density at radius 1 is 1.33 bits per heavy atom. The molecule has 1 unspecified atom stereocenters. The SMILES string of the molecule is CC(C)(CO)C(=O)SCCOP(=O)(NCc1ccccc1)OC[C@@H]1O[C@H](n2cnc3c(=O)[nH]c(N)nc32)[C@@](C)(O)[C@H]1O. The zero-order valence-electron chi connectivity index (χ0n) is 23.3. The summed E-state index contributed by atoms with van der Waals surface area (Å²) in [7, 11) is -4.04. The summed E-state index contributed by atoms with van der Waals surface area (Å²) < 4.78 is 32.1. The number of rotatable bonds is 13. The number of carbonyl (C=O) groups excluding carboxylic acids is 1. The zero-order valence-corrected chi connectivity index (χ0v) is 25.0. The fourth-order valence-electron chi connectivity index (χ4n) is 4.13. The first kappa shape index (κ1) is 32.3. The average molecular weight is 627 g/mol. The van der Waals surface area contributed by atoms with Crippen LogP contribution in [0.4, 0.5) is 5.95 Å². The van der Waals surface area contributed by atoms with Gasteiger partial charge in [0.1, 0.15) is 17.8 Å². The van der Waals surface area contributed by atoms with Gasteiger partial charge in [-0.3, -0.25) is 28.2 Å². The fourth-order valence-corrected chi connectivity index (χ4v) is 6.37. The van der Waals surface area contributed by atoms with Crippen molar-refractivity contribution in [3.63, 3.8) is 0 Å². The van der Waals surface area contributed by atoms with E-state index in [1.165, 1.54) is 17.8 Å². The van der Waals surface area contributed by atoms with Crippen molar-refractivity contribution < 1.29 is 38.5 Å². The third-order valence-electron chi connectivity index (χ3n) is 6.71. The van der Waals surface area contributed by atoms with Crippen molar-refractivity contribution in [2.75, 3.05) is 31.3 Å². The Kier molecular flexibility index (Phi) is 9.92. The van der Waals surface area contributed by atoms with E-state index in [1.54, 1.807) is 13.8 Å². The first-order valence-corrected chi connectivity index (χ1v) is 15.5. The van der Waals surface area contributed by atoms with E-state index in [4.69, 9.17) is 19.5 Å². The van der Waals surface area contributed by atoms with Gasteiger partial charge in [-0.15, -0.1) is 0 Å². The van der Waals surface area contributed by atoms with Crippen molar-refractivity contribution in [3.8, 4) is 0 Å². The third-order valence-corrected chi connectivity index (χ3v) is 9.45. The topological polar surface area (TPSA) is 224 Å². The smallest absolute Gasteiger partial charge is 0.395 e. The molecule has 3 aromatic rings. The number of H-pyrrole nitrogens is 1. The molecule has 0 saturated carbocycles. The van der Waals surface area contributed by atoms with Gasteiger partial charge in [0.2, 0.25) is 5.95 Å². The highest BCUT2D eigenvalue weighted by Gasteiger charge is 2.54. The molecular formula is C25H35N6O9PS. The minimum Gasteiger partial charge on any atom is -0.395 e. The van der Waals surface area contributed by atoms with Crippen LogP contribution in [0, 0.1) is 5.41 Å². The van der Waals surface area contributed by atoms with Crippen molar-refractivity contribution in [1.29, 1.82) is 0 Å². The number of nitrogens with one attached hydrogen (secondary N) is 2. The van der Waals surface area contributed by atoms with Crippen LogP contribution in [0.25, 0.3) is 11.2 Å². The molecule has 15 nitrogen and oxygen atoms in total. The highest BCUT2D eigenvalue weighted by Crippen LogP contribution is 2.46. The molecule has 0 bridgehead atoms. The molecule has 1 aliphatic heterocycles. The summed E-state index contributed by atoms with van der Waals surface area (Å²) in [6.45, 7) is 3.78. The number of nitrogens with zero attached hydrogens (tertiary/aromatic N) is 3. The number of aromatic amines is 1. The Balaban J connectivity index is 1.46. The van der Waals surface area contributed by atoms with Gasteiger partial charge in [-0.05, 0) is 26.3 Å². The number of carbonyl (C=O) groups is 1. The number of imidazole rings is 1. The average Bonchev–Trinajstić information content (AvgIpc) is 3.47. The molecule has 1 aromatic carbocycles. The molecule has 0 radical (unpaired) electrons. The molecule has 230 valence electrons. The lowest BCUT2D eigenvalue weighted by Crippen LogP contribution is -2.44. The predicted octanol–water partition coefficient (Wildman–Crippen LogP) is 0.921. The van der Waals surface area contributed by atoms with E-state index in [0.717, 1.165) is 17.3 Å². The number of aliphatic hydroxyl groups excluding tert-OH is 2. The van der Waals surface area contributed by atoms with Crippen molar-refractivity contribution >= 4 is 41.7 Å². The number of nitrogen functional groups attached to an aromatic ring is 1. The van der Waals surface area contributed by atoms with Crippen LogP contribution in [-0.2, 0) is 29.7 Å². The van der Waals surface area contributed by atoms with Crippen molar-refractivity contribution in [3.05, 3.63) is 52.6 Å². The largest absolute Gasteiger partial charge is 0.405 e. The van der Waals surface area contributed by atoms with Crippen LogP contribution >= 0.6 is 19.5 Å². The van der Waals surface area contributed by atoms with Gasteiger partial charge in [0.25, 0.3) is 5.56 Å². The molecule has 1 aliphatic rings. The van der Waals surface area contributed by atoms with Gasteiger partial charge < -0.3 is 25.8 Å². The van der Waals surface area contributed by atoms with Crippen LogP contribution < -0.4 is 16.4 Å². The van der Waals surface area contributed by atoms with E-state index < -0.39 is 49.4 Å². The van der Waals surface area contributed by atoms with Gasteiger partial charge in [-0.25, -0.2) is 14.6 Å². The number of aliphatic hydroxyl groups is 3. The Bertz CT molecular complexity index is 1500. The van der Waals surface area contributed by atoms with E-state index in [0.29, 0.717) is 0 Å². The second-order valence-corrected chi connectivity index (χ2v) is 13.5. The summed E-state index contributed by atoms with van der Waals surface area (Å²) in [6.07, 6.45) is -2.72. The van der Waals surface area contributed by atoms with E-state index in [9.17, 15) is 29.5 Å². The molecule has 42 heavy (non-hydrogen) atoms. The monoisotopic (exact) mass is 626 g/mol. The second kappa shape index (κ2) is 12.9. The molecule has 0 spiro atoms. The molecule has 1 saturated heterocycles. The molecule has 2 aromatic heterocycles. The summed E-state index contributed by atoms with van der Waals surface area (Å²) in [5, 5.41) is 34.0. The molecule has 1 fully saturated rings. The van der Waals surface area contributed by atoms with E-state index >= 15 is 0 Å². The maximum atomic E-state index is 13.7. The number of anilines is 1. The van der Waals surface area contributed by atoms with Gasteiger partial charge >= 0.3 is 7.75 Å². The Hall–Kier alpha value is -2.66. The summed E-state index contributed by atoms with van der Waals surface area (Å²) in [5.74, 6) is -0.0278. The number of benzene rings is 1. The Morgan fingerprint density at radius 3 is 2.74 bits per heavy atom. The number of aromatic nitrogens is 4. The maximum absolute atomic E-state index is 13.7. The van der Waals surface area contributed by atoms with Crippen molar-refractivity contribution in [1.82, 2.24) is 24.6 Å². The molecule has 17 heteroatoms. The van der Waals surface area contributed by atoms with Crippen molar-refractivity contribution in [2.24, 2.45) is 5.41 Å². The molecule has 0 amide bonds. The number of hydrogen-bond donors (Lipinski definition) is 6. The van der Waals surface area contributed by atoms with Gasteiger partial charge in [0, 0.05) is 12.3 Å². The summed E-state index contributed by atoms with van der Waals surface area (Å²) in [4.78, 5) is 34.9. The summed E-state index contributed by atoms with van der Waals surface area (Å²) in [6, 6.07) is 9.10. The lowest BCUT2D eigenvalue weighted by Gasteiger charge is -2.27. The van der Waals surface area contributed by atoms with Crippen LogP contribution in [0.5, 0.6) is 0 Å². The van der Waals surface area contributed by atoms with Gasteiger partial charge in [-0.2, -0.15) is 4.98 Å². The van der Waals surface area contributed by atoms with Crippen LogP contribution in [-0.4, -0.2) is 83.3 Å². The molecule has 7 N–H and O–H groups in total. The van der Waals surface area contributed by atoms with E-state index in [1.807, 2.05) is 30.3 Å². The summed E-state index contributed by atoms with van der Waals surface area (Å²) in [5.41, 5.74) is 3.04. The number of hydrogen-bond acceptors (Lipinski definition) is 13.